The summed E-state index contributed by atoms with van der Waals surface area (Å²) in [7, 11) is 0. The van der Waals surface area contributed by atoms with E-state index in [1.807, 2.05) is 20.8 Å². The maximum absolute atomic E-state index is 13.5. The molecule has 0 aromatic heterocycles. The molecule has 7 amide bonds. The van der Waals surface area contributed by atoms with E-state index in [0.29, 0.717) is 31.4 Å². The van der Waals surface area contributed by atoms with Crippen LogP contribution in [-0.4, -0.2) is 83.2 Å². The van der Waals surface area contributed by atoms with Crippen LogP contribution >= 0.6 is 0 Å². The molecule has 7 N–H and O–H groups in total. The molecule has 1 unspecified atom stereocenters. The van der Waals surface area contributed by atoms with E-state index in [0.717, 1.165) is 5.56 Å². The standard InChI is InChI=1S/C37H59N7O8/c1-23(2)30(42-28(45)14-10-9-11-20-44-29(46)21-27(33(44)49)43-37(6,7)8)32(48)41-26(13-12-19-39-35(38)51)31(47)40-25-17-15-24(16-18-25)22-52-34(50)36(3,4)5/h15-18,23,26-27,30,43H,9-14,19-22H2,1-8H3,(H,40,47)(H,41,48)(H,42,45)(H3,38,39,51)/t26-,27?,30-/m0/s1. The first kappa shape index (κ1) is 43.6. The molecule has 290 valence electrons. The number of likely N-dealkylation sites (tertiary alicyclic amines) is 1. The van der Waals surface area contributed by atoms with Gasteiger partial charge in [0, 0.05) is 30.7 Å². The van der Waals surface area contributed by atoms with Gasteiger partial charge in [-0.25, -0.2) is 4.79 Å². The number of primary amides is 1. The molecule has 15 nitrogen and oxygen atoms in total. The third-order valence-corrected chi connectivity index (χ3v) is 8.21. The Kier molecular flexibility index (Phi) is 16.7. The zero-order chi connectivity index (χ0) is 39.2. The molecule has 1 aromatic carbocycles. The van der Waals surface area contributed by atoms with Gasteiger partial charge in [0.25, 0.3) is 0 Å². The zero-order valence-corrected chi connectivity index (χ0v) is 32.0. The van der Waals surface area contributed by atoms with Gasteiger partial charge >= 0.3 is 12.0 Å². The van der Waals surface area contributed by atoms with Crippen molar-refractivity contribution in [2.75, 3.05) is 18.4 Å². The predicted octanol–water partition coefficient (Wildman–Crippen LogP) is 2.86. The van der Waals surface area contributed by atoms with Crippen molar-refractivity contribution in [1.29, 1.82) is 0 Å². The predicted molar refractivity (Wildman–Crippen MR) is 196 cm³/mol. The number of benzene rings is 1. The molecule has 3 atom stereocenters. The Bertz CT molecular complexity index is 1420. The molecule has 0 spiro atoms. The second kappa shape index (κ2) is 19.9. The van der Waals surface area contributed by atoms with Gasteiger partial charge in [-0.1, -0.05) is 32.4 Å². The minimum Gasteiger partial charge on any atom is -0.460 e. The number of ether oxygens (including phenoxy) is 1. The Labute approximate surface area is 307 Å². The summed E-state index contributed by atoms with van der Waals surface area (Å²) in [4.78, 5) is 89.3. The number of carbonyl (C=O) groups is 7. The summed E-state index contributed by atoms with van der Waals surface area (Å²) in [5, 5.41) is 14.0. The number of anilines is 1. The van der Waals surface area contributed by atoms with Gasteiger partial charge in [0.15, 0.2) is 0 Å². The van der Waals surface area contributed by atoms with Gasteiger partial charge in [0.05, 0.1) is 17.9 Å². The number of nitrogens with zero attached hydrogens (tertiary/aromatic N) is 1. The maximum atomic E-state index is 13.5. The van der Waals surface area contributed by atoms with Crippen LogP contribution in [0, 0.1) is 11.3 Å². The van der Waals surface area contributed by atoms with Crippen molar-refractivity contribution in [3.05, 3.63) is 29.8 Å². The molecule has 2 rings (SSSR count). The minimum atomic E-state index is -0.998. The quantitative estimate of drug-likeness (QED) is 0.0700. The van der Waals surface area contributed by atoms with Gasteiger partial charge in [-0.05, 0) is 90.8 Å². The normalized spacial score (nSPS) is 15.9. The zero-order valence-electron chi connectivity index (χ0n) is 32.0. The first-order valence-electron chi connectivity index (χ1n) is 18.0. The molecule has 1 fully saturated rings. The van der Waals surface area contributed by atoms with E-state index in [1.54, 1.807) is 58.9 Å². The van der Waals surface area contributed by atoms with Gasteiger partial charge in [-0.15, -0.1) is 0 Å². The van der Waals surface area contributed by atoms with E-state index < -0.39 is 41.4 Å². The van der Waals surface area contributed by atoms with Crippen LogP contribution in [0.25, 0.3) is 0 Å². The fraction of sp³-hybridized carbons (Fsp3) is 0.649. The summed E-state index contributed by atoms with van der Waals surface area (Å²) in [6.07, 6.45) is 2.43. The van der Waals surface area contributed by atoms with Gasteiger partial charge in [0.1, 0.15) is 18.7 Å². The lowest BCUT2D eigenvalue weighted by Gasteiger charge is -2.25. The number of unbranched alkanes of at least 4 members (excludes halogenated alkanes) is 2. The highest BCUT2D eigenvalue weighted by atomic mass is 16.5. The summed E-state index contributed by atoms with van der Waals surface area (Å²) < 4.78 is 5.34. The second-order valence-corrected chi connectivity index (χ2v) is 15.6. The monoisotopic (exact) mass is 729 g/mol. The van der Waals surface area contributed by atoms with Gasteiger partial charge in [-0.3, -0.25) is 33.7 Å². The lowest BCUT2D eigenvalue weighted by atomic mass is 9.97. The Balaban J connectivity index is 1.94. The first-order valence-corrected chi connectivity index (χ1v) is 18.0. The highest BCUT2D eigenvalue weighted by molar-refractivity contribution is 6.05. The molecular formula is C37H59N7O8. The topological polar surface area (TPSA) is 218 Å². The number of urea groups is 1. The molecule has 0 bridgehead atoms. The van der Waals surface area contributed by atoms with Crippen molar-refractivity contribution in [3.8, 4) is 0 Å². The Morgan fingerprint density at radius 2 is 1.56 bits per heavy atom. The third-order valence-electron chi connectivity index (χ3n) is 8.21. The lowest BCUT2D eigenvalue weighted by Crippen LogP contribution is -2.54. The molecule has 15 heteroatoms. The molecular weight excluding hydrogens is 670 g/mol. The van der Waals surface area contributed by atoms with Crippen LogP contribution in [0.3, 0.4) is 0 Å². The number of nitrogens with one attached hydrogen (secondary N) is 5. The molecule has 52 heavy (non-hydrogen) atoms. The van der Waals surface area contributed by atoms with Gasteiger partial charge in [0.2, 0.25) is 29.5 Å². The van der Waals surface area contributed by atoms with E-state index in [2.05, 4.69) is 26.6 Å². The number of amides is 7. The SMILES string of the molecule is CC(C)[C@H](NC(=O)CCCCCN1C(=O)CC(NC(C)(C)C)C1=O)C(=O)N[C@@H](CCCNC(N)=O)C(=O)Nc1ccc(COC(=O)C(C)(C)C)cc1. The fourth-order valence-electron chi connectivity index (χ4n) is 5.39. The number of carbonyl (C=O) groups excluding carboxylic acids is 7. The second-order valence-electron chi connectivity index (χ2n) is 15.6. The van der Waals surface area contributed by atoms with Crippen LogP contribution in [0.15, 0.2) is 24.3 Å². The number of hydrogen-bond acceptors (Lipinski definition) is 9. The maximum Gasteiger partial charge on any atom is 0.312 e. The molecule has 0 saturated carbocycles. The Morgan fingerprint density at radius 3 is 2.13 bits per heavy atom. The van der Waals surface area contributed by atoms with E-state index in [9.17, 15) is 33.6 Å². The van der Waals surface area contributed by atoms with Crippen molar-refractivity contribution in [3.63, 3.8) is 0 Å². The Morgan fingerprint density at radius 1 is 0.904 bits per heavy atom. The number of esters is 1. The van der Waals surface area contributed by atoms with Gasteiger partial charge in [-0.2, -0.15) is 0 Å². The average molecular weight is 730 g/mol. The minimum absolute atomic E-state index is 0.0783. The van der Waals surface area contributed by atoms with Crippen molar-refractivity contribution >= 4 is 47.2 Å². The highest BCUT2D eigenvalue weighted by Crippen LogP contribution is 2.19. The van der Waals surface area contributed by atoms with Crippen molar-refractivity contribution in [1.82, 2.24) is 26.2 Å². The summed E-state index contributed by atoms with van der Waals surface area (Å²) in [6, 6.07) is 3.59. The van der Waals surface area contributed by atoms with E-state index >= 15 is 0 Å². The van der Waals surface area contributed by atoms with Crippen LogP contribution < -0.4 is 32.3 Å². The van der Waals surface area contributed by atoms with E-state index in [4.69, 9.17) is 10.5 Å². The van der Waals surface area contributed by atoms with Crippen LogP contribution in [0.1, 0.15) is 106 Å². The molecule has 1 heterocycles. The summed E-state index contributed by atoms with van der Waals surface area (Å²) in [5.74, 6) is -2.44. The van der Waals surface area contributed by atoms with Crippen molar-refractivity contribution in [2.24, 2.45) is 17.1 Å². The Hall–Kier alpha value is -4.53. The third kappa shape index (κ3) is 15.4. The fourth-order valence-corrected chi connectivity index (χ4v) is 5.39. The molecule has 1 aromatic rings. The average Bonchev–Trinajstić information content (AvgIpc) is 3.29. The summed E-state index contributed by atoms with van der Waals surface area (Å²) in [5.41, 5.74) is 5.41. The largest absolute Gasteiger partial charge is 0.460 e. The van der Waals surface area contributed by atoms with Crippen molar-refractivity contribution < 1.29 is 38.3 Å². The number of rotatable bonds is 19. The van der Waals surface area contributed by atoms with Crippen LogP contribution in [-0.2, 0) is 40.1 Å². The summed E-state index contributed by atoms with van der Waals surface area (Å²) >= 11 is 0. The number of imide groups is 1. The number of nitrogens with two attached hydrogens (primary N) is 1. The van der Waals surface area contributed by atoms with E-state index in [-0.39, 0.29) is 74.1 Å². The smallest absolute Gasteiger partial charge is 0.312 e. The van der Waals surface area contributed by atoms with Crippen LogP contribution in [0.2, 0.25) is 0 Å². The molecule has 0 aliphatic carbocycles. The van der Waals surface area contributed by atoms with Crippen molar-refractivity contribution in [2.45, 2.75) is 131 Å². The first-order chi connectivity index (χ1) is 24.2. The van der Waals surface area contributed by atoms with Crippen LogP contribution in [0.5, 0.6) is 0 Å². The number of hydrogen-bond donors (Lipinski definition) is 6. The summed E-state index contributed by atoms with van der Waals surface area (Å²) in [6.45, 7) is 15.2. The van der Waals surface area contributed by atoms with Crippen LogP contribution in [0.4, 0.5) is 10.5 Å². The molecule has 1 aliphatic rings. The molecule has 1 saturated heterocycles. The highest BCUT2D eigenvalue weighted by Gasteiger charge is 2.39. The molecule has 1 aliphatic heterocycles. The lowest BCUT2D eigenvalue weighted by molar-refractivity contribution is -0.154. The molecule has 0 radical (unpaired) electrons. The van der Waals surface area contributed by atoms with E-state index in [1.165, 1.54) is 4.90 Å². The van der Waals surface area contributed by atoms with Gasteiger partial charge < -0.3 is 37.1 Å².